The lowest BCUT2D eigenvalue weighted by atomic mass is 10.2. The van der Waals surface area contributed by atoms with Gasteiger partial charge < -0.3 is 10.4 Å². The van der Waals surface area contributed by atoms with Crippen LogP contribution >= 0.6 is 11.3 Å². The van der Waals surface area contributed by atoms with Crippen LogP contribution in [0, 0.1) is 13.8 Å². The van der Waals surface area contributed by atoms with Crippen LogP contribution in [0.2, 0.25) is 0 Å². The molecule has 2 amide bonds. The molecular formula is C11H17N3O5S2. The summed E-state index contributed by atoms with van der Waals surface area (Å²) in [6.07, 6.45) is 0.810. The molecule has 1 unspecified atom stereocenters. The van der Waals surface area contributed by atoms with Crippen LogP contribution in [0.3, 0.4) is 0 Å². The van der Waals surface area contributed by atoms with Crippen molar-refractivity contribution in [2.24, 2.45) is 0 Å². The minimum Gasteiger partial charge on any atom is -0.480 e. The zero-order chi connectivity index (χ0) is 16.2. The van der Waals surface area contributed by atoms with E-state index in [9.17, 15) is 18.0 Å². The minimum atomic E-state index is -3.29. The molecule has 0 radical (unpaired) electrons. The molecule has 0 fully saturated rings. The molecule has 10 heteroatoms. The Morgan fingerprint density at radius 3 is 2.43 bits per heavy atom. The van der Waals surface area contributed by atoms with Gasteiger partial charge >= 0.3 is 12.0 Å². The van der Waals surface area contributed by atoms with E-state index in [0.717, 1.165) is 16.8 Å². The Bertz CT molecular complexity index is 619. The highest BCUT2D eigenvalue weighted by Gasteiger charge is 2.22. The van der Waals surface area contributed by atoms with Gasteiger partial charge in [-0.1, -0.05) is 0 Å². The van der Waals surface area contributed by atoms with Crippen LogP contribution in [0.5, 0.6) is 0 Å². The fourth-order valence-electron chi connectivity index (χ4n) is 1.41. The van der Waals surface area contributed by atoms with Crippen molar-refractivity contribution in [2.75, 3.05) is 17.3 Å². The number of hydrogen-bond donors (Lipinski definition) is 3. The van der Waals surface area contributed by atoms with Crippen LogP contribution in [0.1, 0.15) is 17.0 Å². The molecule has 1 rings (SSSR count). The molecule has 0 spiro atoms. The summed E-state index contributed by atoms with van der Waals surface area (Å²) in [7, 11) is -3.29. The van der Waals surface area contributed by atoms with Gasteiger partial charge in [0.1, 0.15) is 15.9 Å². The first-order valence-corrected chi connectivity index (χ1v) is 8.88. The number of urea groups is 1. The molecule has 0 aliphatic rings. The molecular weight excluding hydrogens is 318 g/mol. The van der Waals surface area contributed by atoms with E-state index in [2.05, 4.69) is 15.6 Å². The van der Waals surface area contributed by atoms with E-state index in [1.807, 2.05) is 6.92 Å². The first kappa shape index (κ1) is 17.4. The average Bonchev–Trinajstić information content (AvgIpc) is 2.62. The highest BCUT2D eigenvalue weighted by molar-refractivity contribution is 7.90. The number of aromatic nitrogens is 1. The zero-order valence-corrected chi connectivity index (χ0v) is 13.5. The fourth-order valence-corrected chi connectivity index (χ4v) is 2.88. The van der Waals surface area contributed by atoms with Gasteiger partial charge in [-0.25, -0.2) is 23.0 Å². The molecule has 1 atom stereocenters. The molecule has 118 valence electrons. The molecule has 1 aromatic heterocycles. The second-order valence-electron chi connectivity index (χ2n) is 4.57. The summed E-state index contributed by atoms with van der Waals surface area (Å²) in [5, 5.41) is 14.0. The Balaban J connectivity index is 2.62. The molecule has 0 aromatic carbocycles. The monoisotopic (exact) mass is 335 g/mol. The number of hydrogen-bond acceptors (Lipinski definition) is 6. The van der Waals surface area contributed by atoms with Gasteiger partial charge in [0.25, 0.3) is 0 Å². The van der Waals surface area contributed by atoms with E-state index >= 15 is 0 Å². The minimum absolute atomic E-state index is 0.197. The summed E-state index contributed by atoms with van der Waals surface area (Å²) >= 11 is 1.27. The average molecular weight is 335 g/mol. The third-order valence-electron chi connectivity index (χ3n) is 2.63. The second kappa shape index (κ2) is 6.85. The summed E-state index contributed by atoms with van der Waals surface area (Å²) in [6.45, 7) is 3.64. The van der Waals surface area contributed by atoms with Crippen LogP contribution in [-0.2, 0) is 14.6 Å². The number of aliphatic carboxylic acids is 1. The van der Waals surface area contributed by atoms with Gasteiger partial charge in [0.05, 0.1) is 11.4 Å². The van der Waals surface area contributed by atoms with Crippen molar-refractivity contribution in [1.82, 2.24) is 10.3 Å². The number of carboxylic acid groups (broad SMARTS) is 1. The lowest BCUT2D eigenvalue weighted by Crippen LogP contribution is -2.43. The fraction of sp³-hybridized carbons (Fsp3) is 0.545. The predicted molar refractivity (Wildman–Crippen MR) is 79.5 cm³/mol. The van der Waals surface area contributed by atoms with Gasteiger partial charge in [-0.2, -0.15) is 0 Å². The highest BCUT2D eigenvalue weighted by Crippen LogP contribution is 2.20. The maximum atomic E-state index is 11.7. The molecule has 3 N–H and O–H groups in total. The smallest absolute Gasteiger partial charge is 0.326 e. The molecule has 0 saturated carbocycles. The van der Waals surface area contributed by atoms with Crippen molar-refractivity contribution < 1.29 is 23.1 Å². The molecule has 0 saturated heterocycles. The molecule has 1 aromatic rings. The third-order valence-corrected chi connectivity index (χ3v) is 4.60. The topological polar surface area (TPSA) is 125 Å². The summed E-state index contributed by atoms with van der Waals surface area (Å²) in [4.78, 5) is 27.7. The summed E-state index contributed by atoms with van der Waals surface area (Å²) < 4.78 is 22.1. The number of anilines is 1. The number of aryl methyl sites for hydroxylation is 2. The van der Waals surface area contributed by atoms with E-state index < -0.39 is 27.9 Å². The van der Waals surface area contributed by atoms with E-state index in [4.69, 9.17) is 5.11 Å². The number of carbonyl (C=O) groups excluding carboxylic acids is 1. The Labute approximate surface area is 126 Å². The SMILES string of the molecule is Cc1nc(NC(=O)NC(CCS(C)(=O)=O)C(=O)O)sc1C. The van der Waals surface area contributed by atoms with Gasteiger partial charge in [-0.05, 0) is 20.3 Å². The lowest BCUT2D eigenvalue weighted by Gasteiger charge is -2.13. The number of sulfone groups is 1. The highest BCUT2D eigenvalue weighted by atomic mass is 32.2. The van der Waals surface area contributed by atoms with Crippen molar-refractivity contribution in [2.45, 2.75) is 26.3 Å². The van der Waals surface area contributed by atoms with Crippen molar-refractivity contribution in [3.63, 3.8) is 0 Å². The lowest BCUT2D eigenvalue weighted by molar-refractivity contribution is -0.139. The maximum Gasteiger partial charge on any atom is 0.326 e. The molecule has 21 heavy (non-hydrogen) atoms. The van der Waals surface area contributed by atoms with E-state index in [1.165, 1.54) is 11.3 Å². The van der Waals surface area contributed by atoms with Crippen molar-refractivity contribution in [3.8, 4) is 0 Å². The number of rotatable bonds is 6. The predicted octanol–water partition coefficient (Wildman–Crippen LogP) is 0.769. The van der Waals surface area contributed by atoms with Crippen molar-refractivity contribution >= 4 is 38.3 Å². The number of carbonyl (C=O) groups is 2. The quantitative estimate of drug-likeness (QED) is 0.705. The molecule has 0 aliphatic heterocycles. The van der Waals surface area contributed by atoms with E-state index in [0.29, 0.717) is 5.13 Å². The van der Waals surface area contributed by atoms with Gasteiger partial charge in [-0.15, -0.1) is 11.3 Å². The standard InChI is InChI=1S/C11H17N3O5S2/c1-6-7(2)20-11(12-6)14-10(17)13-8(9(15)16)4-5-21(3,18)19/h8H,4-5H2,1-3H3,(H,15,16)(H2,12,13,14,17). The number of carboxylic acids is 1. The first-order valence-electron chi connectivity index (χ1n) is 6.00. The first-order chi connectivity index (χ1) is 9.58. The Morgan fingerprint density at radius 2 is 2.00 bits per heavy atom. The number of thiazole rings is 1. The maximum absolute atomic E-state index is 11.7. The van der Waals surface area contributed by atoms with Crippen LogP contribution in [0.15, 0.2) is 0 Å². The molecule has 8 nitrogen and oxygen atoms in total. The number of nitrogens with zero attached hydrogens (tertiary/aromatic N) is 1. The van der Waals surface area contributed by atoms with Crippen LogP contribution in [-0.4, -0.2) is 48.6 Å². The van der Waals surface area contributed by atoms with E-state index in [-0.39, 0.29) is 12.2 Å². The van der Waals surface area contributed by atoms with Crippen molar-refractivity contribution in [1.29, 1.82) is 0 Å². The normalized spacial score (nSPS) is 12.7. The largest absolute Gasteiger partial charge is 0.480 e. The van der Waals surface area contributed by atoms with Crippen molar-refractivity contribution in [3.05, 3.63) is 10.6 Å². The van der Waals surface area contributed by atoms with Crippen LogP contribution in [0.25, 0.3) is 0 Å². The summed E-state index contributed by atoms with van der Waals surface area (Å²) in [5.74, 6) is -1.61. The summed E-state index contributed by atoms with van der Waals surface area (Å²) in [5.41, 5.74) is 0.780. The molecule has 1 heterocycles. The molecule has 0 bridgehead atoms. The third kappa shape index (κ3) is 6.08. The van der Waals surface area contributed by atoms with Gasteiger partial charge in [0, 0.05) is 11.1 Å². The Kier molecular flexibility index (Phi) is 5.67. The number of amides is 2. The number of nitrogens with one attached hydrogen (secondary N) is 2. The zero-order valence-electron chi connectivity index (χ0n) is 11.8. The molecule has 0 aliphatic carbocycles. The van der Waals surface area contributed by atoms with Gasteiger partial charge in [0.15, 0.2) is 5.13 Å². The van der Waals surface area contributed by atoms with E-state index in [1.54, 1.807) is 6.92 Å². The summed E-state index contributed by atoms with van der Waals surface area (Å²) in [6, 6.07) is -2.01. The van der Waals surface area contributed by atoms with Gasteiger partial charge in [-0.3, -0.25) is 5.32 Å². The second-order valence-corrected chi connectivity index (χ2v) is 8.03. The van der Waals surface area contributed by atoms with Gasteiger partial charge in [0.2, 0.25) is 0 Å². The Morgan fingerprint density at radius 1 is 1.38 bits per heavy atom. The van der Waals surface area contributed by atoms with Crippen LogP contribution < -0.4 is 10.6 Å². The Hall–Kier alpha value is -1.68. The van der Waals surface area contributed by atoms with Crippen LogP contribution in [0.4, 0.5) is 9.93 Å².